The Morgan fingerprint density at radius 1 is 0.643 bits per heavy atom. The quantitative estimate of drug-likeness (QED) is 0.677. The van der Waals surface area contributed by atoms with Crippen molar-refractivity contribution in [1.82, 2.24) is 0 Å². The van der Waals surface area contributed by atoms with Crippen LogP contribution in [0.25, 0.3) is 0 Å². The van der Waals surface area contributed by atoms with E-state index in [0.29, 0.717) is 6.61 Å². The maximum atomic E-state index is 7.88. The van der Waals surface area contributed by atoms with Crippen LogP contribution in [0.3, 0.4) is 0 Å². The van der Waals surface area contributed by atoms with Gasteiger partial charge in [-0.3, -0.25) is 0 Å². The molecule has 0 aromatic rings. The molecule has 0 saturated heterocycles. The van der Waals surface area contributed by atoms with Gasteiger partial charge in [-0.15, -0.1) is 0 Å². The third kappa shape index (κ3) is 58.7. The van der Waals surface area contributed by atoms with Gasteiger partial charge in [0.1, 0.15) is 0 Å². The summed E-state index contributed by atoms with van der Waals surface area (Å²) in [6.45, 7) is 8.67. The summed E-state index contributed by atoms with van der Waals surface area (Å²) in [5.41, 5.74) is 0. The first-order valence-electron chi connectivity index (χ1n) is 5.96. The topological polar surface area (TPSA) is 40.5 Å². The van der Waals surface area contributed by atoms with Gasteiger partial charge in [-0.05, 0) is 13.3 Å². The average molecular weight is 206 g/mol. The van der Waals surface area contributed by atoms with Crippen molar-refractivity contribution in [1.29, 1.82) is 0 Å². The molecule has 0 spiro atoms. The van der Waals surface area contributed by atoms with Crippen LogP contribution in [0, 0.1) is 0 Å². The molecule has 0 aliphatic rings. The van der Waals surface area contributed by atoms with E-state index >= 15 is 0 Å². The summed E-state index contributed by atoms with van der Waals surface area (Å²) in [5.74, 6) is 0. The smallest absolute Gasteiger partial charge is 0.0428 e. The molecular formula is C12H30O2. The SMILES string of the molecule is CCCCCCC.CCCO.CCO. The summed E-state index contributed by atoms with van der Waals surface area (Å²) in [6.07, 6.45) is 7.88. The largest absolute Gasteiger partial charge is 0.397 e. The zero-order chi connectivity index (χ0) is 11.7. The van der Waals surface area contributed by atoms with Crippen molar-refractivity contribution in [2.75, 3.05) is 13.2 Å². The van der Waals surface area contributed by atoms with E-state index in [4.69, 9.17) is 10.2 Å². The maximum Gasteiger partial charge on any atom is 0.0428 e. The van der Waals surface area contributed by atoms with Crippen LogP contribution in [-0.4, -0.2) is 23.4 Å². The van der Waals surface area contributed by atoms with Crippen LogP contribution in [0.4, 0.5) is 0 Å². The second-order valence-electron chi connectivity index (χ2n) is 3.10. The number of rotatable bonds is 5. The van der Waals surface area contributed by atoms with Crippen LogP contribution in [0.2, 0.25) is 0 Å². The van der Waals surface area contributed by atoms with Crippen LogP contribution >= 0.6 is 0 Å². The molecule has 2 N–H and O–H groups in total. The highest BCUT2D eigenvalue weighted by Gasteiger charge is 1.80. The first kappa shape index (κ1) is 19.5. The van der Waals surface area contributed by atoms with Crippen molar-refractivity contribution < 1.29 is 10.2 Å². The molecular weight excluding hydrogens is 176 g/mol. The van der Waals surface area contributed by atoms with Crippen molar-refractivity contribution in [2.45, 2.75) is 66.2 Å². The molecule has 2 heteroatoms. The lowest BCUT2D eigenvalue weighted by Crippen LogP contribution is -1.70. The number of hydrogen-bond donors (Lipinski definition) is 2. The molecule has 90 valence electrons. The van der Waals surface area contributed by atoms with Crippen molar-refractivity contribution in [3.8, 4) is 0 Å². The minimum atomic E-state index is 0.250. The third-order valence-corrected chi connectivity index (χ3v) is 1.43. The molecule has 14 heavy (non-hydrogen) atoms. The Morgan fingerprint density at radius 2 is 0.929 bits per heavy atom. The highest BCUT2D eigenvalue weighted by Crippen LogP contribution is 2.00. The first-order chi connectivity index (χ1) is 6.74. The molecule has 0 atom stereocenters. The molecule has 0 bridgehead atoms. The minimum Gasteiger partial charge on any atom is -0.397 e. The van der Waals surface area contributed by atoms with E-state index in [0.717, 1.165) is 6.42 Å². The van der Waals surface area contributed by atoms with E-state index in [1.54, 1.807) is 6.92 Å². The Morgan fingerprint density at radius 3 is 1.07 bits per heavy atom. The highest BCUT2D eigenvalue weighted by molar-refractivity contribution is 4.35. The van der Waals surface area contributed by atoms with Crippen molar-refractivity contribution in [2.24, 2.45) is 0 Å². The van der Waals surface area contributed by atoms with E-state index in [2.05, 4.69) is 13.8 Å². The predicted octanol–water partition coefficient (Wildman–Crippen LogP) is 3.36. The number of unbranched alkanes of at least 4 members (excludes halogenated alkanes) is 4. The van der Waals surface area contributed by atoms with Crippen LogP contribution in [0.1, 0.15) is 66.2 Å². The summed E-state index contributed by atoms with van der Waals surface area (Å²) in [4.78, 5) is 0. The van der Waals surface area contributed by atoms with Crippen LogP contribution in [0.15, 0.2) is 0 Å². The van der Waals surface area contributed by atoms with Gasteiger partial charge in [0, 0.05) is 13.2 Å². The molecule has 0 rings (SSSR count). The van der Waals surface area contributed by atoms with Crippen LogP contribution in [-0.2, 0) is 0 Å². The molecule has 0 amide bonds. The Labute approximate surface area is 90.4 Å². The monoisotopic (exact) mass is 206 g/mol. The fourth-order valence-electron chi connectivity index (χ4n) is 0.677. The lowest BCUT2D eigenvalue weighted by atomic mass is 10.2. The molecule has 0 unspecified atom stereocenters. The molecule has 0 aliphatic carbocycles. The van der Waals surface area contributed by atoms with Gasteiger partial charge in [-0.1, -0.05) is 52.9 Å². The second-order valence-corrected chi connectivity index (χ2v) is 3.10. The Kier molecular flexibility index (Phi) is 40.7. The lowest BCUT2D eigenvalue weighted by molar-refractivity contribution is 0.295. The van der Waals surface area contributed by atoms with Gasteiger partial charge in [0.05, 0.1) is 0 Å². The number of aliphatic hydroxyl groups is 2. The zero-order valence-electron chi connectivity index (χ0n) is 10.6. The fraction of sp³-hybridized carbons (Fsp3) is 1.00. The van der Waals surface area contributed by atoms with Gasteiger partial charge in [0.15, 0.2) is 0 Å². The Balaban J connectivity index is -0.000000147. The molecule has 0 aliphatic heterocycles. The molecule has 2 nitrogen and oxygen atoms in total. The Bertz CT molecular complexity index is 50.3. The molecule has 0 heterocycles. The lowest BCUT2D eigenvalue weighted by Gasteiger charge is -1.90. The summed E-state index contributed by atoms with van der Waals surface area (Å²) in [6, 6.07) is 0. The Hall–Kier alpha value is -0.0800. The first-order valence-corrected chi connectivity index (χ1v) is 5.96. The van der Waals surface area contributed by atoms with E-state index in [1.807, 2.05) is 6.92 Å². The summed E-state index contributed by atoms with van der Waals surface area (Å²) in [5, 5.41) is 15.4. The van der Waals surface area contributed by atoms with Crippen LogP contribution < -0.4 is 0 Å². The number of hydrogen-bond acceptors (Lipinski definition) is 2. The number of aliphatic hydroxyl groups excluding tert-OH is 2. The standard InChI is InChI=1S/C7H16.C3H8O.C2H6O/c1-3-5-7-6-4-2;1-2-3-4;1-2-3/h3-7H2,1-2H3;4H,2-3H2,1H3;3H,2H2,1H3. The molecule has 0 aromatic heterocycles. The zero-order valence-corrected chi connectivity index (χ0v) is 10.6. The summed E-state index contributed by atoms with van der Waals surface area (Å²) < 4.78 is 0. The summed E-state index contributed by atoms with van der Waals surface area (Å²) >= 11 is 0. The van der Waals surface area contributed by atoms with Crippen molar-refractivity contribution >= 4 is 0 Å². The van der Waals surface area contributed by atoms with Gasteiger partial charge < -0.3 is 10.2 Å². The summed E-state index contributed by atoms with van der Waals surface area (Å²) in [7, 11) is 0. The van der Waals surface area contributed by atoms with E-state index in [1.165, 1.54) is 32.1 Å². The fourth-order valence-corrected chi connectivity index (χ4v) is 0.677. The van der Waals surface area contributed by atoms with Crippen molar-refractivity contribution in [3.05, 3.63) is 0 Å². The van der Waals surface area contributed by atoms with E-state index < -0.39 is 0 Å². The second kappa shape index (κ2) is 29.3. The predicted molar refractivity (Wildman–Crippen MR) is 64.6 cm³/mol. The normalized spacial score (nSPS) is 8.14. The van der Waals surface area contributed by atoms with E-state index in [-0.39, 0.29) is 6.61 Å². The van der Waals surface area contributed by atoms with Gasteiger partial charge >= 0.3 is 0 Å². The average Bonchev–Trinajstić information content (AvgIpc) is 2.20. The van der Waals surface area contributed by atoms with Gasteiger partial charge in [0.25, 0.3) is 0 Å². The molecule has 0 fully saturated rings. The molecule has 0 saturated carbocycles. The maximum absolute atomic E-state index is 7.88. The molecule has 0 radical (unpaired) electrons. The van der Waals surface area contributed by atoms with Crippen molar-refractivity contribution in [3.63, 3.8) is 0 Å². The van der Waals surface area contributed by atoms with Gasteiger partial charge in [0.2, 0.25) is 0 Å². The minimum absolute atomic E-state index is 0.250. The highest BCUT2D eigenvalue weighted by atomic mass is 16.3. The van der Waals surface area contributed by atoms with Gasteiger partial charge in [-0.2, -0.15) is 0 Å². The molecule has 0 aromatic carbocycles. The third-order valence-electron chi connectivity index (χ3n) is 1.43. The van der Waals surface area contributed by atoms with Crippen LogP contribution in [0.5, 0.6) is 0 Å². The van der Waals surface area contributed by atoms with Gasteiger partial charge in [-0.25, -0.2) is 0 Å². The van der Waals surface area contributed by atoms with E-state index in [9.17, 15) is 0 Å².